The van der Waals surface area contributed by atoms with E-state index in [-0.39, 0.29) is 24.5 Å². The van der Waals surface area contributed by atoms with Gasteiger partial charge in [-0.25, -0.2) is 5.43 Å². The summed E-state index contributed by atoms with van der Waals surface area (Å²) >= 11 is 5.84. The van der Waals surface area contributed by atoms with Crippen molar-refractivity contribution in [2.75, 3.05) is 12.4 Å². The Hall–Kier alpha value is -3.06. The molecule has 0 radical (unpaired) electrons. The Morgan fingerprint density at radius 2 is 1.92 bits per heavy atom. The Kier molecular flexibility index (Phi) is 6.99. The number of phenols is 1. The third kappa shape index (κ3) is 5.78. The molecule has 2 rings (SSSR count). The van der Waals surface area contributed by atoms with E-state index in [9.17, 15) is 14.7 Å². The van der Waals surface area contributed by atoms with Gasteiger partial charge in [0.2, 0.25) is 11.8 Å². The number of methoxy groups -OCH3 is 1. The maximum atomic E-state index is 11.8. The van der Waals surface area contributed by atoms with E-state index in [2.05, 4.69) is 15.8 Å². The highest BCUT2D eigenvalue weighted by atomic mass is 35.5. The van der Waals surface area contributed by atoms with E-state index in [0.717, 1.165) is 0 Å². The van der Waals surface area contributed by atoms with E-state index < -0.39 is 5.91 Å². The lowest BCUT2D eigenvalue weighted by Crippen LogP contribution is -2.20. The topological polar surface area (TPSA) is 100 Å². The van der Waals surface area contributed by atoms with Gasteiger partial charge in [0.05, 0.1) is 13.3 Å². The summed E-state index contributed by atoms with van der Waals surface area (Å²) in [7, 11) is 1.44. The summed E-state index contributed by atoms with van der Waals surface area (Å²) in [5, 5.41) is 16.8. The molecule has 3 N–H and O–H groups in total. The highest BCUT2D eigenvalue weighted by Crippen LogP contribution is 2.27. The Bertz CT molecular complexity index is 824. The summed E-state index contributed by atoms with van der Waals surface area (Å²) in [6, 6.07) is 11.6. The van der Waals surface area contributed by atoms with Gasteiger partial charge in [-0.1, -0.05) is 23.7 Å². The van der Waals surface area contributed by atoms with Crippen LogP contribution in [-0.4, -0.2) is 30.2 Å². The van der Waals surface area contributed by atoms with Crippen LogP contribution in [0, 0.1) is 0 Å². The molecule has 7 nitrogen and oxygen atoms in total. The van der Waals surface area contributed by atoms with Crippen molar-refractivity contribution in [1.29, 1.82) is 0 Å². The van der Waals surface area contributed by atoms with Crippen LogP contribution in [0.15, 0.2) is 47.6 Å². The number of nitrogens with zero attached hydrogens (tertiary/aromatic N) is 1. The van der Waals surface area contributed by atoms with Crippen molar-refractivity contribution in [1.82, 2.24) is 5.43 Å². The molecule has 0 atom stereocenters. The zero-order valence-corrected chi connectivity index (χ0v) is 14.8. The minimum Gasteiger partial charge on any atom is -0.504 e. The predicted molar refractivity (Wildman–Crippen MR) is 99.7 cm³/mol. The molecule has 0 saturated heterocycles. The Morgan fingerprint density at radius 3 is 2.65 bits per heavy atom. The van der Waals surface area contributed by atoms with Crippen LogP contribution in [0.1, 0.15) is 18.4 Å². The maximum absolute atomic E-state index is 11.8. The number of carbonyl (C=O) groups is 2. The fourth-order valence-electron chi connectivity index (χ4n) is 2.05. The molecule has 0 aromatic heterocycles. The summed E-state index contributed by atoms with van der Waals surface area (Å²) in [5.41, 5.74) is 3.26. The zero-order valence-electron chi connectivity index (χ0n) is 14.0. The molecule has 0 aliphatic carbocycles. The van der Waals surface area contributed by atoms with Gasteiger partial charge in [-0.05, 0) is 30.3 Å². The monoisotopic (exact) mass is 375 g/mol. The smallest absolute Gasteiger partial charge is 0.240 e. The first-order chi connectivity index (χ1) is 12.5. The molecular formula is C18H18ClN3O4. The van der Waals surface area contributed by atoms with Crippen molar-refractivity contribution < 1.29 is 19.4 Å². The van der Waals surface area contributed by atoms with Crippen LogP contribution in [0.4, 0.5) is 5.69 Å². The number of hydrogen-bond acceptors (Lipinski definition) is 5. The van der Waals surface area contributed by atoms with Crippen LogP contribution in [0.5, 0.6) is 11.5 Å². The van der Waals surface area contributed by atoms with Gasteiger partial charge in [-0.2, -0.15) is 5.10 Å². The van der Waals surface area contributed by atoms with E-state index in [0.29, 0.717) is 22.0 Å². The first-order valence-electron chi connectivity index (χ1n) is 7.73. The number of hydrogen-bond donors (Lipinski definition) is 3. The number of ether oxygens (including phenoxy) is 1. The Labute approximate surface area is 155 Å². The Morgan fingerprint density at radius 1 is 1.19 bits per heavy atom. The third-order valence-corrected chi connectivity index (χ3v) is 3.57. The van der Waals surface area contributed by atoms with E-state index in [1.165, 1.54) is 13.3 Å². The third-order valence-electron chi connectivity index (χ3n) is 3.33. The minimum atomic E-state index is -0.426. The van der Waals surface area contributed by atoms with Crippen LogP contribution in [0.3, 0.4) is 0 Å². The SMILES string of the molecule is COc1cccc(C=NNC(=O)CCC(=O)Nc2cccc(Cl)c2)c1O. The molecule has 0 fully saturated rings. The average Bonchev–Trinajstić information content (AvgIpc) is 2.61. The molecule has 0 spiro atoms. The van der Waals surface area contributed by atoms with E-state index in [1.54, 1.807) is 42.5 Å². The molecule has 0 aliphatic heterocycles. The lowest BCUT2D eigenvalue weighted by Gasteiger charge is -2.06. The number of phenolic OH excluding ortho intramolecular Hbond substituents is 1. The molecule has 2 aromatic carbocycles. The zero-order chi connectivity index (χ0) is 18.9. The molecule has 0 aliphatic rings. The number of rotatable bonds is 7. The van der Waals surface area contributed by atoms with Gasteiger partial charge in [0.1, 0.15) is 0 Å². The summed E-state index contributed by atoms with van der Waals surface area (Å²) in [5.74, 6) is -0.506. The second kappa shape index (κ2) is 9.43. The van der Waals surface area contributed by atoms with Gasteiger partial charge in [0.15, 0.2) is 11.5 Å². The predicted octanol–water partition coefficient (Wildman–Crippen LogP) is 2.92. The molecule has 0 bridgehead atoms. The number of nitrogens with one attached hydrogen (secondary N) is 2. The molecule has 26 heavy (non-hydrogen) atoms. The lowest BCUT2D eigenvalue weighted by atomic mass is 10.2. The number of amides is 2. The first kappa shape index (κ1) is 19.3. The molecule has 2 amide bonds. The van der Waals surface area contributed by atoms with E-state index in [4.69, 9.17) is 16.3 Å². The van der Waals surface area contributed by atoms with Crippen LogP contribution in [0.25, 0.3) is 0 Å². The molecular weight excluding hydrogens is 358 g/mol. The summed E-state index contributed by atoms with van der Waals surface area (Å²) in [4.78, 5) is 23.6. The second-order valence-electron chi connectivity index (χ2n) is 5.25. The summed E-state index contributed by atoms with van der Waals surface area (Å²) in [6.45, 7) is 0. The fourth-order valence-corrected chi connectivity index (χ4v) is 2.24. The van der Waals surface area contributed by atoms with Gasteiger partial charge in [-0.15, -0.1) is 0 Å². The molecule has 136 valence electrons. The lowest BCUT2D eigenvalue weighted by molar-refractivity contribution is -0.124. The quantitative estimate of drug-likeness (QED) is 0.511. The number of halogens is 1. The molecule has 0 unspecified atom stereocenters. The van der Waals surface area contributed by atoms with Gasteiger partial charge in [0.25, 0.3) is 0 Å². The standard InChI is InChI=1S/C18H18ClN3O4/c1-26-15-7-2-4-12(18(15)25)11-20-22-17(24)9-8-16(23)21-14-6-3-5-13(19)10-14/h2-7,10-11,25H,8-9H2,1H3,(H,21,23)(H,22,24). The number of para-hydroxylation sites is 1. The fraction of sp³-hybridized carbons (Fsp3) is 0.167. The van der Waals surface area contributed by atoms with E-state index >= 15 is 0 Å². The number of aromatic hydroxyl groups is 1. The molecule has 0 saturated carbocycles. The highest BCUT2D eigenvalue weighted by Gasteiger charge is 2.08. The normalized spacial score (nSPS) is 10.5. The van der Waals surface area contributed by atoms with Crippen LogP contribution in [0.2, 0.25) is 5.02 Å². The van der Waals surface area contributed by atoms with Crippen molar-refractivity contribution >= 4 is 35.3 Å². The summed E-state index contributed by atoms with van der Waals surface area (Å²) < 4.78 is 4.98. The van der Waals surface area contributed by atoms with Crippen molar-refractivity contribution in [3.05, 3.63) is 53.1 Å². The number of hydrazone groups is 1. The van der Waals surface area contributed by atoms with Crippen LogP contribution >= 0.6 is 11.6 Å². The molecule has 8 heteroatoms. The van der Waals surface area contributed by atoms with Gasteiger partial charge in [-0.3, -0.25) is 9.59 Å². The van der Waals surface area contributed by atoms with Crippen LogP contribution < -0.4 is 15.5 Å². The molecule has 0 heterocycles. The number of carbonyl (C=O) groups excluding carboxylic acids is 2. The van der Waals surface area contributed by atoms with Crippen molar-refractivity contribution in [2.24, 2.45) is 5.10 Å². The van der Waals surface area contributed by atoms with Gasteiger partial charge in [0, 0.05) is 29.1 Å². The van der Waals surface area contributed by atoms with Crippen molar-refractivity contribution in [2.45, 2.75) is 12.8 Å². The second-order valence-corrected chi connectivity index (χ2v) is 5.69. The van der Waals surface area contributed by atoms with Crippen molar-refractivity contribution in [3.63, 3.8) is 0 Å². The summed E-state index contributed by atoms with van der Waals surface area (Å²) in [6.07, 6.45) is 1.26. The Balaban J connectivity index is 1.79. The molecule has 2 aromatic rings. The minimum absolute atomic E-state index is 0.00171. The highest BCUT2D eigenvalue weighted by molar-refractivity contribution is 6.30. The van der Waals surface area contributed by atoms with Gasteiger partial charge < -0.3 is 15.2 Å². The van der Waals surface area contributed by atoms with E-state index in [1.807, 2.05) is 0 Å². The van der Waals surface area contributed by atoms with Gasteiger partial charge >= 0.3 is 0 Å². The average molecular weight is 376 g/mol. The maximum Gasteiger partial charge on any atom is 0.240 e. The van der Waals surface area contributed by atoms with Crippen LogP contribution in [-0.2, 0) is 9.59 Å². The van der Waals surface area contributed by atoms with Crippen molar-refractivity contribution in [3.8, 4) is 11.5 Å². The first-order valence-corrected chi connectivity index (χ1v) is 8.10. The number of benzene rings is 2. The number of anilines is 1. The largest absolute Gasteiger partial charge is 0.504 e.